The molecule has 7 heteroatoms. The minimum Gasteiger partial charge on any atom is -0.497 e. The Hall–Kier alpha value is -3.48. The maximum atomic E-state index is 14.3. The van der Waals surface area contributed by atoms with Crippen LogP contribution in [0.2, 0.25) is 0 Å². The van der Waals surface area contributed by atoms with Gasteiger partial charge in [-0.3, -0.25) is 14.3 Å². The van der Waals surface area contributed by atoms with Gasteiger partial charge in [-0.2, -0.15) is 4.98 Å². The molecule has 25 heavy (non-hydrogen) atoms. The van der Waals surface area contributed by atoms with Gasteiger partial charge in [-0.25, -0.2) is 9.18 Å². The predicted octanol–water partition coefficient (Wildman–Crippen LogP) is 2.33. The molecule has 2 aromatic carbocycles. The van der Waals surface area contributed by atoms with Gasteiger partial charge in [0.15, 0.2) is 5.82 Å². The second-order valence-corrected chi connectivity index (χ2v) is 5.46. The molecule has 2 aliphatic rings. The van der Waals surface area contributed by atoms with Gasteiger partial charge in [0.05, 0.1) is 18.2 Å². The first-order valence-corrected chi connectivity index (χ1v) is 7.47. The van der Waals surface area contributed by atoms with Gasteiger partial charge in [-0.05, 0) is 42.5 Å². The standard InChI is InChI=1S/C18H12FN3O3/c1-25-11-7-5-10(6-8-11)22-15-4-2-3-14(19)12(15)9-13-16(22)20-18(24)21-17(13)23/h2-9H,1H3,(H,21,23,24). The second kappa shape index (κ2) is 5.55. The number of ether oxygens (including phenoxy) is 1. The molecule has 0 unspecified atom stereocenters. The van der Waals surface area contributed by atoms with Gasteiger partial charge < -0.3 is 4.74 Å². The molecule has 2 heterocycles. The number of methoxy groups -OCH3 is 1. The van der Waals surface area contributed by atoms with Crippen molar-refractivity contribution in [2.75, 3.05) is 7.11 Å². The monoisotopic (exact) mass is 337 g/mol. The molecule has 0 saturated heterocycles. The Morgan fingerprint density at radius 3 is 2.60 bits per heavy atom. The Bertz CT molecular complexity index is 1180. The van der Waals surface area contributed by atoms with Crippen molar-refractivity contribution >= 4 is 10.9 Å². The Morgan fingerprint density at radius 1 is 1.12 bits per heavy atom. The molecule has 124 valence electrons. The Balaban J connectivity index is 2.20. The van der Waals surface area contributed by atoms with Crippen LogP contribution in [-0.4, -0.2) is 21.6 Å². The van der Waals surface area contributed by atoms with E-state index in [0.717, 1.165) is 0 Å². The zero-order valence-corrected chi connectivity index (χ0v) is 13.1. The van der Waals surface area contributed by atoms with Crippen molar-refractivity contribution in [3.63, 3.8) is 0 Å². The summed E-state index contributed by atoms with van der Waals surface area (Å²) in [5.74, 6) is 0.347. The molecule has 0 amide bonds. The van der Waals surface area contributed by atoms with E-state index < -0.39 is 17.1 Å². The number of halogens is 1. The van der Waals surface area contributed by atoms with E-state index in [1.54, 1.807) is 48.1 Å². The molecule has 2 aliphatic heterocycles. The number of aromatic nitrogens is 3. The molecule has 0 atom stereocenters. The summed E-state index contributed by atoms with van der Waals surface area (Å²) >= 11 is 0. The van der Waals surface area contributed by atoms with E-state index in [1.807, 2.05) is 0 Å². The van der Waals surface area contributed by atoms with E-state index in [1.165, 1.54) is 12.1 Å². The first-order valence-electron chi connectivity index (χ1n) is 7.47. The predicted molar refractivity (Wildman–Crippen MR) is 91.1 cm³/mol. The first kappa shape index (κ1) is 15.1. The van der Waals surface area contributed by atoms with Gasteiger partial charge >= 0.3 is 5.69 Å². The normalized spacial score (nSPS) is 11.1. The summed E-state index contributed by atoms with van der Waals surface area (Å²) in [7, 11) is 1.55. The average Bonchev–Trinajstić information content (AvgIpc) is 2.61. The number of hydrogen-bond acceptors (Lipinski definition) is 4. The average molecular weight is 337 g/mol. The highest BCUT2D eigenvalue weighted by Crippen LogP contribution is 2.29. The Morgan fingerprint density at radius 2 is 1.88 bits per heavy atom. The SMILES string of the molecule is COc1ccc(-n2c3nc(=O)[nH]c(=O)c-3cc3c(F)cccc32)cc1. The number of aromatic amines is 1. The molecule has 1 N–H and O–H groups in total. The quantitative estimate of drug-likeness (QED) is 0.570. The number of hydrogen-bond donors (Lipinski definition) is 1. The molecule has 0 fully saturated rings. The molecule has 2 aromatic rings. The van der Waals surface area contributed by atoms with Crippen molar-refractivity contribution in [3.05, 3.63) is 75.2 Å². The third-order valence-electron chi connectivity index (χ3n) is 4.02. The summed E-state index contributed by atoms with van der Waals surface area (Å²) in [6, 6.07) is 13.0. The Kier molecular flexibility index (Phi) is 3.35. The van der Waals surface area contributed by atoms with E-state index in [0.29, 0.717) is 17.0 Å². The van der Waals surface area contributed by atoms with Gasteiger partial charge in [0.1, 0.15) is 11.6 Å². The summed E-state index contributed by atoms with van der Waals surface area (Å²) in [5, 5.41) is 0.261. The van der Waals surface area contributed by atoms with Gasteiger partial charge in [0.2, 0.25) is 0 Å². The smallest absolute Gasteiger partial charge is 0.349 e. The van der Waals surface area contributed by atoms with E-state index in [2.05, 4.69) is 9.97 Å². The number of H-pyrrole nitrogens is 1. The largest absolute Gasteiger partial charge is 0.497 e. The summed E-state index contributed by atoms with van der Waals surface area (Å²) < 4.78 is 21.0. The fourth-order valence-electron chi connectivity index (χ4n) is 2.87. The number of fused-ring (bicyclic) bond motifs is 2. The Labute approximate surface area is 140 Å². The molecule has 0 saturated carbocycles. The van der Waals surface area contributed by atoms with Crippen LogP contribution in [0.3, 0.4) is 0 Å². The van der Waals surface area contributed by atoms with Crippen molar-refractivity contribution in [2.45, 2.75) is 0 Å². The van der Waals surface area contributed by atoms with E-state index in [4.69, 9.17) is 4.74 Å². The van der Waals surface area contributed by atoms with Gasteiger partial charge in [0, 0.05) is 11.1 Å². The molecular weight excluding hydrogens is 325 g/mol. The van der Waals surface area contributed by atoms with Crippen molar-refractivity contribution in [2.24, 2.45) is 0 Å². The molecule has 6 nitrogen and oxygen atoms in total. The molecule has 0 radical (unpaired) electrons. The second-order valence-electron chi connectivity index (χ2n) is 5.46. The van der Waals surface area contributed by atoms with Crippen LogP contribution >= 0.6 is 0 Å². The highest BCUT2D eigenvalue weighted by Gasteiger charge is 2.19. The zero-order chi connectivity index (χ0) is 17.6. The fraction of sp³-hybridized carbons (Fsp3) is 0.0556. The topological polar surface area (TPSA) is 77.0 Å². The van der Waals surface area contributed by atoms with Crippen LogP contribution in [0.4, 0.5) is 4.39 Å². The maximum absolute atomic E-state index is 14.3. The first-order chi connectivity index (χ1) is 12.1. The van der Waals surface area contributed by atoms with Crippen LogP contribution in [-0.2, 0) is 0 Å². The van der Waals surface area contributed by atoms with Crippen LogP contribution in [0, 0.1) is 5.82 Å². The van der Waals surface area contributed by atoms with Crippen molar-refractivity contribution in [1.29, 1.82) is 0 Å². The number of pyridine rings is 1. The molecular formula is C18H12FN3O3. The highest BCUT2D eigenvalue weighted by atomic mass is 19.1. The lowest BCUT2D eigenvalue weighted by Crippen LogP contribution is -2.27. The third-order valence-corrected chi connectivity index (χ3v) is 4.02. The minimum absolute atomic E-state index is 0.132. The van der Waals surface area contributed by atoms with Gasteiger partial charge in [-0.1, -0.05) is 6.07 Å². The fourth-order valence-corrected chi connectivity index (χ4v) is 2.87. The zero-order valence-electron chi connectivity index (χ0n) is 13.1. The van der Waals surface area contributed by atoms with E-state index >= 15 is 0 Å². The van der Waals surface area contributed by atoms with Crippen molar-refractivity contribution in [1.82, 2.24) is 14.5 Å². The molecule has 0 aliphatic carbocycles. The van der Waals surface area contributed by atoms with Crippen LogP contribution < -0.4 is 16.0 Å². The minimum atomic E-state index is -0.754. The molecule has 4 rings (SSSR count). The number of nitrogens with one attached hydrogen (secondary N) is 1. The molecule has 0 bridgehead atoms. The van der Waals surface area contributed by atoms with Gasteiger partial charge in [-0.15, -0.1) is 0 Å². The summed E-state index contributed by atoms with van der Waals surface area (Å²) in [5.41, 5.74) is -0.111. The summed E-state index contributed by atoms with van der Waals surface area (Å²) in [6.07, 6.45) is 0. The van der Waals surface area contributed by atoms with Gasteiger partial charge in [0.25, 0.3) is 5.56 Å². The number of benzene rings is 2. The van der Waals surface area contributed by atoms with E-state index in [9.17, 15) is 14.0 Å². The molecule has 0 aromatic heterocycles. The lowest BCUT2D eigenvalue weighted by molar-refractivity contribution is 0.415. The van der Waals surface area contributed by atoms with Crippen LogP contribution in [0.1, 0.15) is 0 Å². The van der Waals surface area contributed by atoms with Crippen molar-refractivity contribution in [3.8, 4) is 22.8 Å². The molecule has 0 spiro atoms. The van der Waals surface area contributed by atoms with E-state index in [-0.39, 0.29) is 16.8 Å². The number of nitrogens with zero attached hydrogens (tertiary/aromatic N) is 2. The maximum Gasteiger partial charge on any atom is 0.349 e. The summed E-state index contributed by atoms with van der Waals surface area (Å²) in [6.45, 7) is 0. The van der Waals surface area contributed by atoms with Crippen LogP contribution in [0.5, 0.6) is 5.75 Å². The highest BCUT2D eigenvalue weighted by molar-refractivity contribution is 5.87. The van der Waals surface area contributed by atoms with Crippen molar-refractivity contribution < 1.29 is 9.13 Å². The third kappa shape index (κ3) is 2.37. The lowest BCUT2D eigenvalue weighted by atomic mass is 10.1. The van der Waals surface area contributed by atoms with Crippen LogP contribution in [0.15, 0.2) is 58.1 Å². The lowest BCUT2D eigenvalue weighted by Gasteiger charge is -2.18. The summed E-state index contributed by atoms with van der Waals surface area (Å²) in [4.78, 5) is 30.0. The van der Waals surface area contributed by atoms with Crippen LogP contribution in [0.25, 0.3) is 28.0 Å². The number of rotatable bonds is 2.